The summed E-state index contributed by atoms with van der Waals surface area (Å²) in [6.45, 7) is 6.59. The number of fused-ring (bicyclic) bond motifs is 1. The first kappa shape index (κ1) is 19.8. The Balaban J connectivity index is 0.000000232. The number of benzene rings is 1. The van der Waals surface area contributed by atoms with Gasteiger partial charge in [-0.15, -0.1) is 12.4 Å². The van der Waals surface area contributed by atoms with Crippen molar-refractivity contribution in [2.45, 2.75) is 38.0 Å². The Morgan fingerprint density at radius 3 is 2.48 bits per heavy atom. The van der Waals surface area contributed by atoms with Gasteiger partial charge in [0.05, 0.1) is 7.11 Å². The molecule has 1 saturated heterocycles. The van der Waals surface area contributed by atoms with E-state index >= 15 is 0 Å². The first-order chi connectivity index (χ1) is 10.3. The van der Waals surface area contributed by atoms with Gasteiger partial charge in [0, 0.05) is 12.1 Å². The third kappa shape index (κ3) is 6.41. The van der Waals surface area contributed by atoms with E-state index in [0.717, 1.165) is 17.5 Å². The molecule has 1 heterocycles. The number of hydrogen-bond acceptors (Lipinski definition) is 5. The van der Waals surface area contributed by atoms with Crippen molar-refractivity contribution in [2.75, 3.05) is 13.7 Å². The van der Waals surface area contributed by atoms with E-state index in [9.17, 15) is 9.59 Å². The largest absolute Gasteiger partial charge is 0.497 e. The van der Waals surface area contributed by atoms with E-state index in [-0.39, 0.29) is 34.3 Å². The lowest BCUT2D eigenvalue weighted by Gasteiger charge is -2.21. The minimum atomic E-state index is -0.272. The molecule has 0 aromatic heterocycles. The molecule has 2 N–H and O–H groups in total. The van der Waals surface area contributed by atoms with E-state index in [1.165, 1.54) is 17.5 Å². The highest BCUT2D eigenvalue weighted by atomic mass is 35.5. The van der Waals surface area contributed by atoms with Crippen molar-refractivity contribution in [3.63, 3.8) is 0 Å². The van der Waals surface area contributed by atoms with Gasteiger partial charge in [0.1, 0.15) is 11.0 Å². The fourth-order valence-electron chi connectivity index (χ4n) is 1.93. The molecule has 1 unspecified atom stereocenters. The number of ether oxygens (including phenoxy) is 1. The second-order valence-electron chi connectivity index (χ2n) is 6.33. The summed E-state index contributed by atoms with van der Waals surface area (Å²) in [7, 11) is 1.70. The topological polar surface area (TPSA) is 67.4 Å². The summed E-state index contributed by atoms with van der Waals surface area (Å²) in [5, 5.41) is 4.91. The van der Waals surface area contributed by atoms with Gasteiger partial charge in [-0.2, -0.15) is 0 Å². The number of halogens is 1. The number of thioether (sulfide) groups is 1. The van der Waals surface area contributed by atoms with E-state index in [0.29, 0.717) is 6.54 Å². The van der Waals surface area contributed by atoms with Crippen LogP contribution in [0.5, 0.6) is 5.75 Å². The molecule has 0 radical (unpaired) electrons. The molecule has 23 heavy (non-hydrogen) atoms. The van der Waals surface area contributed by atoms with Crippen molar-refractivity contribution in [3.05, 3.63) is 29.3 Å². The molecule has 0 spiro atoms. The number of imide groups is 1. The molecule has 0 bridgehead atoms. The molecule has 0 saturated carbocycles. The highest BCUT2D eigenvalue weighted by Gasteiger charge is 2.31. The maximum absolute atomic E-state index is 11.1. The first-order valence-electron chi connectivity index (χ1n) is 7.21. The van der Waals surface area contributed by atoms with Gasteiger partial charge in [0.15, 0.2) is 0 Å². The van der Waals surface area contributed by atoms with Gasteiger partial charge in [-0.3, -0.25) is 14.9 Å². The van der Waals surface area contributed by atoms with Crippen molar-refractivity contribution >= 4 is 35.3 Å². The van der Waals surface area contributed by atoms with Crippen molar-refractivity contribution in [1.29, 1.82) is 0 Å². The highest BCUT2D eigenvalue weighted by molar-refractivity contribution is 8.15. The van der Waals surface area contributed by atoms with E-state index in [4.69, 9.17) is 4.74 Å². The van der Waals surface area contributed by atoms with Gasteiger partial charge in [-0.25, -0.2) is 0 Å². The third-order valence-electron chi connectivity index (χ3n) is 3.25. The molecule has 2 amide bonds. The lowest BCUT2D eigenvalue weighted by atomic mass is 10.1. The van der Waals surface area contributed by atoms with Crippen molar-refractivity contribution in [1.82, 2.24) is 10.6 Å². The number of hydrogen-bond donors (Lipinski definition) is 2. The fraction of sp³-hybridized carbons (Fsp3) is 0.500. The van der Waals surface area contributed by atoms with Crippen LogP contribution in [0.4, 0.5) is 4.79 Å². The quantitative estimate of drug-likeness (QED) is 0.883. The van der Waals surface area contributed by atoms with Crippen molar-refractivity contribution in [3.8, 4) is 5.75 Å². The molecule has 128 valence electrons. The molecule has 5 nitrogen and oxygen atoms in total. The molecule has 3 rings (SSSR count). The lowest BCUT2D eigenvalue weighted by molar-refractivity contribution is -0.118. The zero-order valence-corrected chi connectivity index (χ0v) is 15.4. The second kappa shape index (κ2) is 8.04. The molecule has 1 aliphatic carbocycles. The Bertz CT molecular complexity index is 587. The van der Waals surface area contributed by atoms with Gasteiger partial charge >= 0.3 is 0 Å². The lowest BCUT2D eigenvalue weighted by Crippen LogP contribution is -2.42. The number of rotatable bonds is 3. The average Bonchev–Trinajstić information content (AvgIpc) is 3.14. The minimum absolute atomic E-state index is 0. The Morgan fingerprint density at radius 2 is 2.00 bits per heavy atom. The predicted molar refractivity (Wildman–Crippen MR) is 95.7 cm³/mol. The van der Waals surface area contributed by atoms with Gasteiger partial charge in [-0.1, -0.05) is 6.07 Å². The van der Waals surface area contributed by atoms with E-state index < -0.39 is 0 Å². The van der Waals surface area contributed by atoms with Crippen molar-refractivity contribution < 1.29 is 14.3 Å². The second-order valence-corrected chi connectivity index (χ2v) is 7.50. The Hall–Kier alpha value is -1.24. The smallest absolute Gasteiger partial charge is 0.286 e. The number of carbonyl (C=O) groups is 2. The van der Waals surface area contributed by atoms with Crippen LogP contribution in [0.3, 0.4) is 0 Å². The molecule has 2 aliphatic rings. The Labute approximate surface area is 147 Å². The predicted octanol–water partition coefficient (Wildman–Crippen LogP) is 2.75. The van der Waals surface area contributed by atoms with Gasteiger partial charge in [0.2, 0.25) is 5.91 Å². The van der Waals surface area contributed by atoms with Crippen LogP contribution in [0.2, 0.25) is 0 Å². The number of methoxy groups -OCH3 is 1. The normalized spacial score (nSPS) is 18.2. The molecule has 1 aromatic carbocycles. The number of amides is 2. The Morgan fingerprint density at radius 1 is 1.30 bits per heavy atom. The standard InChI is InChI=1S/C8H14N2O2S.C8H8O.ClH/c1-8(2,3)9-4-5-6(11)10-7(12)13-5;1-9-8-3-2-6-4-7(6)5-8;/h5,9H,4H2,1-3H3,(H,10,11,12);2-3,5H,4H2,1H3;1H. The molecule has 1 atom stereocenters. The average molecular weight is 359 g/mol. The summed E-state index contributed by atoms with van der Waals surface area (Å²) >= 11 is 1.05. The van der Waals surface area contributed by atoms with E-state index in [1.54, 1.807) is 7.11 Å². The van der Waals surface area contributed by atoms with Crippen LogP contribution >= 0.6 is 24.2 Å². The van der Waals surface area contributed by atoms with E-state index in [1.807, 2.05) is 26.8 Å². The maximum atomic E-state index is 11.1. The SMILES string of the molecule is CC(C)(C)NCC1SC(=O)NC1=O.COc1ccc2c(c1)C2.Cl. The molecule has 1 aliphatic heterocycles. The van der Waals surface area contributed by atoms with E-state index in [2.05, 4.69) is 22.8 Å². The molecule has 1 aromatic rings. The number of nitrogens with one attached hydrogen (secondary N) is 2. The highest BCUT2D eigenvalue weighted by Crippen LogP contribution is 2.30. The minimum Gasteiger partial charge on any atom is -0.497 e. The van der Waals surface area contributed by atoms with Crippen LogP contribution < -0.4 is 15.4 Å². The van der Waals surface area contributed by atoms with Crippen LogP contribution in [0.15, 0.2) is 18.2 Å². The summed E-state index contributed by atoms with van der Waals surface area (Å²) < 4.78 is 5.03. The monoisotopic (exact) mass is 358 g/mol. The van der Waals surface area contributed by atoms with Crippen LogP contribution in [-0.2, 0) is 11.2 Å². The van der Waals surface area contributed by atoms with Crippen molar-refractivity contribution in [2.24, 2.45) is 0 Å². The zero-order valence-electron chi connectivity index (χ0n) is 13.8. The molecular formula is C16H23ClN2O3S. The van der Waals surface area contributed by atoms with Crippen LogP contribution in [-0.4, -0.2) is 35.6 Å². The fourth-order valence-corrected chi connectivity index (χ4v) is 2.68. The third-order valence-corrected chi connectivity index (χ3v) is 4.24. The zero-order chi connectivity index (χ0) is 16.3. The van der Waals surface area contributed by atoms with Gasteiger partial charge in [-0.05, 0) is 62.2 Å². The molecule has 7 heteroatoms. The maximum Gasteiger partial charge on any atom is 0.286 e. The number of carbonyl (C=O) groups excluding carboxylic acids is 2. The van der Waals surface area contributed by atoms with Gasteiger partial charge < -0.3 is 10.1 Å². The summed E-state index contributed by atoms with van der Waals surface area (Å²) in [6.07, 6.45) is 1.17. The van der Waals surface area contributed by atoms with Crippen LogP contribution in [0, 0.1) is 0 Å². The molecular weight excluding hydrogens is 336 g/mol. The summed E-state index contributed by atoms with van der Waals surface area (Å²) in [5.41, 5.74) is 2.89. The van der Waals surface area contributed by atoms with Gasteiger partial charge in [0.25, 0.3) is 5.24 Å². The molecule has 1 fully saturated rings. The first-order valence-corrected chi connectivity index (χ1v) is 8.09. The Kier molecular flexibility index (Phi) is 6.92. The van der Waals surface area contributed by atoms with Crippen LogP contribution in [0.1, 0.15) is 31.9 Å². The summed E-state index contributed by atoms with van der Waals surface area (Å²) in [6, 6.07) is 6.22. The van der Waals surface area contributed by atoms with Crippen LogP contribution in [0.25, 0.3) is 0 Å². The summed E-state index contributed by atoms with van der Waals surface area (Å²) in [4.78, 5) is 21.9. The summed E-state index contributed by atoms with van der Waals surface area (Å²) in [5.74, 6) is 0.790.